The zero-order valence-electron chi connectivity index (χ0n) is 24.4. The second-order valence-corrected chi connectivity index (χ2v) is 11.7. The van der Waals surface area contributed by atoms with Gasteiger partial charge in [-0.1, -0.05) is 65.6 Å². The van der Waals surface area contributed by atoms with Crippen molar-refractivity contribution in [3.8, 4) is 22.9 Å². The summed E-state index contributed by atoms with van der Waals surface area (Å²) in [7, 11) is 1.62. The van der Waals surface area contributed by atoms with Gasteiger partial charge in [0.05, 0.1) is 29.2 Å². The molecule has 0 amide bonds. The summed E-state index contributed by atoms with van der Waals surface area (Å²) < 4.78 is 13.3. The van der Waals surface area contributed by atoms with Crippen LogP contribution >= 0.6 is 27.5 Å². The lowest BCUT2D eigenvalue weighted by atomic mass is 9.96. The van der Waals surface area contributed by atoms with E-state index < -0.39 is 10.5 Å². The van der Waals surface area contributed by atoms with E-state index in [1.54, 1.807) is 55.6 Å². The SMILES string of the molecule is COc1cc(C)c(-c2nc3ccccc3c(=O)n2N=Cc2cc(Br)cc([N+](=O)[O-])c2OCc2ccc(Cl)cc2)cc1C(C)C. The molecular weight excluding hydrogens is 648 g/mol. The highest BCUT2D eigenvalue weighted by Crippen LogP contribution is 2.36. The van der Waals surface area contributed by atoms with E-state index in [0.29, 0.717) is 37.3 Å². The fraction of sp³-hybridized carbons (Fsp3) is 0.182. The summed E-state index contributed by atoms with van der Waals surface area (Å²) in [6, 6.07) is 20.9. The molecule has 0 atom stereocenters. The van der Waals surface area contributed by atoms with Crippen molar-refractivity contribution in [2.45, 2.75) is 33.3 Å². The number of nitrogens with zero attached hydrogens (tertiary/aromatic N) is 4. The molecule has 44 heavy (non-hydrogen) atoms. The Morgan fingerprint density at radius 1 is 1.11 bits per heavy atom. The number of methoxy groups -OCH3 is 1. The van der Waals surface area contributed by atoms with E-state index in [4.69, 9.17) is 26.1 Å². The molecule has 0 aliphatic heterocycles. The fourth-order valence-corrected chi connectivity index (χ4v) is 5.41. The quantitative estimate of drug-likeness (QED) is 0.0884. The Morgan fingerprint density at radius 3 is 2.52 bits per heavy atom. The van der Waals surface area contributed by atoms with Crippen LogP contribution < -0.4 is 15.0 Å². The maximum atomic E-state index is 13.9. The van der Waals surface area contributed by atoms with Crippen molar-refractivity contribution >= 4 is 50.3 Å². The molecule has 0 saturated carbocycles. The number of benzene rings is 4. The number of aromatic nitrogens is 2. The van der Waals surface area contributed by atoms with Crippen LogP contribution in [0.1, 0.15) is 42.0 Å². The minimum absolute atomic E-state index is 0.00275. The normalized spacial score (nSPS) is 11.4. The van der Waals surface area contributed by atoms with Gasteiger partial charge in [-0.3, -0.25) is 14.9 Å². The van der Waals surface area contributed by atoms with Crippen LogP contribution in [0.3, 0.4) is 0 Å². The van der Waals surface area contributed by atoms with Crippen LogP contribution in [0.4, 0.5) is 5.69 Å². The van der Waals surface area contributed by atoms with Crippen molar-refractivity contribution in [3.63, 3.8) is 0 Å². The summed E-state index contributed by atoms with van der Waals surface area (Å²) in [6.07, 6.45) is 1.37. The van der Waals surface area contributed by atoms with Crippen LogP contribution in [-0.4, -0.2) is 27.9 Å². The molecule has 11 heteroatoms. The van der Waals surface area contributed by atoms with E-state index in [-0.39, 0.29) is 24.0 Å². The molecule has 4 aromatic carbocycles. The highest BCUT2D eigenvalue weighted by atomic mass is 79.9. The Morgan fingerprint density at radius 2 is 1.84 bits per heavy atom. The number of halogens is 2. The second kappa shape index (κ2) is 13.0. The molecule has 224 valence electrons. The largest absolute Gasteiger partial charge is 0.496 e. The zero-order chi connectivity index (χ0) is 31.5. The Labute approximate surface area is 267 Å². The van der Waals surface area contributed by atoms with Crippen molar-refractivity contribution in [1.29, 1.82) is 0 Å². The van der Waals surface area contributed by atoms with Gasteiger partial charge in [-0.05, 0) is 72.0 Å². The van der Waals surface area contributed by atoms with Crippen LogP contribution in [0.2, 0.25) is 5.02 Å². The van der Waals surface area contributed by atoms with Gasteiger partial charge < -0.3 is 9.47 Å². The average molecular weight is 676 g/mol. The van der Waals surface area contributed by atoms with Gasteiger partial charge >= 0.3 is 5.69 Å². The molecule has 0 unspecified atom stereocenters. The highest BCUT2D eigenvalue weighted by Gasteiger charge is 2.22. The van der Waals surface area contributed by atoms with Gasteiger partial charge in [-0.25, -0.2) is 4.98 Å². The van der Waals surface area contributed by atoms with Gasteiger partial charge in [0.25, 0.3) is 5.56 Å². The monoisotopic (exact) mass is 674 g/mol. The van der Waals surface area contributed by atoms with Crippen LogP contribution in [0, 0.1) is 17.0 Å². The summed E-state index contributed by atoms with van der Waals surface area (Å²) >= 11 is 9.36. The van der Waals surface area contributed by atoms with E-state index in [2.05, 4.69) is 34.9 Å². The molecule has 9 nitrogen and oxygen atoms in total. The Hall–Kier alpha value is -4.54. The van der Waals surface area contributed by atoms with Crippen LogP contribution in [-0.2, 0) is 6.61 Å². The predicted octanol–water partition coefficient (Wildman–Crippen LogP) is 8.29. The summed E-state index contributed by atoms with van der Waals surface area (Å²) in [4.78, 5) is 30.3. The molecule has 5 aromatic rings. The van der Waals surface area contributed by atoms with Gasteiger partial charge in [-0.15, -0.1) is 0 Å². The number of nitro groups is 1. The number of nitro benzene ring substituents is 1. The second-order valence-electron chi connectivity index (χ2n) is 10.4. The van der Waals surface area contributed by atoms with E-state index in [1.165, 1.54) is 17.0 Å². The molecule has 0 aliphatic carbocycles. The van der Waals surface area contributed by atoms with E-state index >= 15 is 0 Å². The van der Waals surface area contributed by atoms with Gasteiger partial charge in [0, 0.05) is 26.7 Å². The van der Waals surface area contributed by atoms with Crippen LogP contribution in [0.5, 0.6) is 11.5 Å². The van der Waals surface area contributed by atoms with Gasteiger partial charge in [-0.2, -0.15) is 9.78 Å². The first-order chi connectivity index (χ1) is 21.1. The minimum atomic E-state index is -0.525. The summed E-state index contributed by atoms with van der Waals surface area (Å²) in [6.45, 7) is 6.08. The number of ether oxygens (including phenoxy) is 2. The first kappa shape index (κ1) is 30.9. The van der Waals surface area contributed by atoms with Crippen molar-refractivity contribution in [2.75, 3.05) is 7.11 Å². The van der Waals surface area contributed by atoms with Crippen molar-refractivity contribution in [1.82, 2.24) is 9.66 Å². The molecular formula is C33H28BrClN4O5. The van der Waals surface area contributed by atoms with Crippen molar-refractivity contribution in [3.05, 3.63) is 125 Å². The summed E-state index contributed by atoms with van der Waals surface area (Å²) in [5.41, 5.74) is 3.42. The Kier molecular flexibility index (Phi) is 9.12. The predicted molar refractivity (Wildman–Crippen MR) is 176 cm³/mol. The first-order valence-corrected chi connectivity index (χ1v) is 14.8. The molecule has 1 aromatic heterocycles. The number of hydrogen-bond acceptors (Lipinski definition) is 7. The van der Waals surface area contributed by atoms with E-state index in [0.717, 1.165) is 22.4 Å². The van der Waals surface area contributed by atoms with Crippen LogP contribution in [0.15, 0.2) is 87.2 Å². The minimum Gasteiger partial charge on any atom is -0.496 e. The molecule has 0 fully saturated rings. The third-order valence-corrected chi connectivity index (χ3v) is 7.77. The number of para-hydroxylation sites is 1. The lowest BCUT2D eigenvalue weighted by molar-refractivity contribution is -0.386. The van der Waals surface area contributed by atoms with Gasteiger partial charge in [0.15, 0.2) is 5.82 Å². The third kappa shape index (κ3) is 6.36. The maximum Gasteiger partial charge on any atom is 0.312 e. The topological polar surface area (TPSA) is 109 Å². The van der Waals surface area contributed by atoms with Crippen LogP contribution in [0.25, 0.3) is 22.3 Å². The number of rotatable bonds is 9. The lowest BCUT2D eigenvalue weighted by Gasteiger charge is -2.17. The van der Waals surface area contributed by atoms with E-state index in [1.807, 2.05) is 25.1 Å². The molecule has 0 bridgehead atoms. The molecule has 5 rings (SSSR count). The molecule has 0 N–H and O–H groups in total. The summed E-state index contributed by atoms with van der Waals surface area (Å²) in [5, 5.41) is 17.6. The molecule has 0 spiro atoms. The lowest BCUT2D eigenvalue weighted by Crippen LogP contribution is -2.21. The first-order valence-electron chi connectivity index (χ1n) is 13.7. The van der Waals surface area contributed by atoms with E-state index in [9.17, 15) is 14.9 Å². The Bertz CT molecular complexity index is 1970. The van der Waals surface area contributed by atoms with Gasteiger partial charge in [0.1, 0.15) is 12.4 Å². The average Bonchev–Trinajstić information content (AvgIpc) is 3.00. The van der Waals surface area contributed by atoms with Gasteiger partial charge in [0.2, 0.25) is 5.75 Å². The standard InChI is InChI=1S/C33H28BrClN4O5/c1-19(2)26-16-27(20(3)13-30(26)43-4)32-37-28-8-6-5-7-25(28)33(40)38(32)36-17-22-14-23(34)15-29(39(41)42)31(22)44-18-21-9-11-24(35)12-10-21/h5-17,19H,18H2,1-4H3. The Balaban J connectivity index is 1.69. The number of aryl methyl sites for hydroxylation is 1. The molecule has 0 saturated heterocycles. The van der Waals surface area contributed by atoms with Crippen molar-refractivity contribution < 1.29 is 14.4 Å². The maximum absolute atomic E-state index is 13.9. The highest BCUT2D eigenvalue weighted by molar-refractivity contribution is 9.10. The zero-order valence-corrected chi connectivity index (χ0v) is 26.7. The smallest absolute Gasteiger partial charge is 0.312 e. The third-order valence-electron chi connectivity index (χ3n) is 7.06. The summed E-state index contributed by atoms with van der Waals surface area (Å²) in [5.74, 6) is 1.20. The molecule has 0 radical (unpaired) electrons. The molecule has 1 heterocycles. The number of fused-ring (bicyclic) bond motifs is 1. The fourth-order valence-electron chi connectivity index (χ4n) is 4.82. The number of hydrogen-bond donors (Lipinski definition) is 0. The van der Waals surface area contributed by atoms with Crippen molar-refractivity contribution in [2.24, 2.45) is 5.10 Å². The molecule has 0 aliphatic rings.